The SMILES string of the molecule is COCCOC1C(O)C(CO)OC1n1cc(C)c(NC(=O)c2ccccc2)nc1=O. The number of carbonyl (C=O) groups is 1. The Labute approximate surface area is 173 Å². The summed E-state index contributed by atoms with van der Waals surface area (Å²) in [4.78, 5) is 29.0. The fourth-order valence-corrected chi connectivity index (χ4v) is 3.19. The maximum atomic E-state index is 12.7. The highest BCUT2D eigenvalue weighted by molar-refractivity contribution is 6.03. The summed E-state index contributed by atoms with van der Waals surface area (Å²) in [6, 6.07) is 8.56. The van der Waals surface area contributed by atoms with E-state index in [4.69, 9.17) is 14.2 Å². The molecule has 3 N–H and O–H groups in total. The van der Waals surface area contributed by atoms with Gasteiger partial charge in [0.15, 0.2) is 6.23 Å². The van der Waals surface area contributed by atoms with Crippen LogP contribution in [0, 0.1) is 6.92 Å². The van der Waals surface area contributed by atoms with Crippen LogP contribution in [0.5, 0.6) is 0 Å². The first-order valence-corrected chi connectivity index (χ1v) is 9.47. The molecule has 10 heteroatoms. The molecule has 1 amide bonds. The van der Waals surface area contributed by atoms with Crippen LogP contribution in [0.4, 0.5) is 5.82 Å². The van der Waals surface area contributed by atoms with Crippen molar-refractivity contribution < 1.29 is 29.2 Å². The predicted octanol–water partition coefficient (Wildman–Crippen LogP) is 0.0862. The lowest BCUT2D eigenvalue weighted by atomic mass is 10.1. The van der Waals surface area contributed by atoms with E-state index < -0.39 is 42.7 Å². The number of nitrogens with one attached hydrogen (secondary N) is 1. The summed E-state index contributed by atoms with van der Waals surface area (Å²) < 4.78 is 17.4. The Bertz CT molecular complexity index is 918. The third kappa shape index (κ3) is 4.74. The maximum Gasteiger partial charge on any atom is 0.351 e. The molecule has 4 atom stereocenters. The molecule has 0 aliphatic carbocycles. The van der Waals surface area contributed by atoms with Crippen LogP contribution in [0.1, 0.15) is 22.1 Å². The first kappa shape index (κ1) is 22.1. The van der Waals surface area contributed by atoms with Crippen molar-refractivity contribution in [2.24, 2.45) is 0 Å². The zero-order valence-electron chi connectivity index (χ0n) is 16.7. The summed E-state index contributed by atoms with van der Waals surface area (Å²) in [7, 11) is 1.51. The van der Waals surface area contributed by atoms with E-state index in [1.54, 1.807) is 37.3 Å². The van der Waals surface area contributed by atoms with Crippen LogP contribution in [0.15, 0.2) is 41.3 Å². The van der Waals surface area contributed by atoms with E-state index in [-0.39, 0.29) is 19.0 Å². The molecule has 1 aromatic heterocycles. The Hall–Kier alpha value is -2.63. The van der Waals surface area contributed by atoms with Crippen molar-refractivity contribution in [3.63, 3.8) is 0 Å². The van der Waals surface area contributed by atoms with Gasteiger partial charge >= 0.3 is 5.69 Å². The molecule has 1 saturated heterocycles. The molecular weight excluding hydrogens is 394 g/mol. The molecule has 2 heterocycles. The van der Waals surface area contributed by atoms with Gasteiger partial charge in [-0.2, -0.15) is 4.98 Å². The molecular formula is C20H25N3O7. The number of rotatable bonds is 8. The van der Waals surface area contributed by atoms with E-state index >= 15 is 0 Å². The number of amides is 1. The summed E-state index contributed by atoms with van der Waals surface area (Å²) >= 11 is 0. The summed E-state index contributed by atoms with van der Waals surface area (Å²) in [6.45, 7) is 1.70. The van der Waals surface area contributed by atoms with Crippen molar-refractivity contribution in [3.05, 3.63) is 58.1 Å². The minimum absolute atomic E-state index is 0.124. The number of aliphatic hydroxyl groups is 2. The minimum Gasteiger partial charge on any atom is -0.394 e. The van der Waals surface area contributed by atoms with Gasteiger partial charge in [-0.15, -0.1) is 0 Å². The Balaban J connectivity index is 1.84. The van der Waals surface area contributed by atoms with E-state index in [1.165, 1.54) is 17.9 Å². The number of aromatic nitrogens is 2. The summed E-state index contributed by atoms with van der Waals surface area (Å²) in [5.41, 5.74) is 0.252. The summed E-state index contributed by atoms with van der Waals surface area (Å²) in [6.07, 6.45) is -2.47. The van der Waals surface area contributed by atoms with E-state index in [0.717, 1.165) is 0 Å². The number of anilines is 1. The Morgan fingerprint density at radius 2 is 2.03 bits per heavy atom. The zero-order chi connectivity index (χ0) is 21.7. The van der Waals surface area contributed by atoms with Crippen LogP contribution in [0.3, 0.4) is 0 Å². The Kier molecular flexibility index (Phi) is 7.29. The van der Waals surface area contributed by atoms with Gasteiger partial charge in [-0.1, -0.05) is 18.2 Å². The Morgan fingerprint density at radius 3 is 2.70 bits per heavy atom. The number of hydrogen-bond acceptors (Lipinski definition) is 8. The molecule has 10 nitrogen and oxygen atoms in total. The number of methoxy groups -OCH3 is 1. The quantitative estimate of drug-likeness (QED) is 0.513. The molecule has 2 aromatic rings. The fourth-order valence-electron chi connectivity index (χ4n) is 3.19. The molecule has 4 unspecified atom stereocenters. The average Bonchev–Trinajstić information content (AvgIpc) is 3.06. The molecule has 3 rings (SSSR count). The van der Waals surface area contributed by atoms with Crippen molar-refractivity contribution in [3.8, 4) is 0 Å². The number of aliphatic hydroxyl groups excluding tert-OH is 2. The predicted molar refractivity (Wildman–Crippen MR) is 106 cm³/mol. The van der Waals surface area contributed by atoms with Gasteiger partial charge in [0.1, 0.15) is 24.1 Å². The first-order valence-electron chi connectivity index (χ1n) is 9.47. The molecule has 1 aliphatic heterocycles. The highest BCUT2D eigenvalue weighted by atomic mass is 16.6. The normalized spacial score (nSPS) is 23.5. The van der Waals surface area contributed by atoms with Crippen LogP contribution in [-0.4, -0.2) is 70.9 Å². The van der Waals surface area contributed by atoms with Crippen molar-refractivity contribution >= 4 is 11.7 Å². The van der Waals surface area contributed by atoms with E-state index in [9.17, 15) is 19.8 Å². The second kappa shape index (κ2) is 9.92. The van der Waals surface area contributed by atoms with Crippen molar-refractivity contribution in [2.75, 3.05) is 32.2 Å². The second-order valence-corrected chi connectivity index (χ2v) is 6.85. The highest BCUT2D eigenvalue weighted by Gasteiger charge is 2.45. The van der Waals surface area contributed by atoms with Gasteiger partial charge < -0.3 is 29.7 Å². The van der Waals surface area contributed by atoms with Crippen molar-refractivity contribution in [1.29, 1.82) is 0 Å². The molecule has 1 fully saturated rings. The van der Waals surface area contributed by atoms with Crippen molar-refractivity contribution in [2.45, 2.75) is 31.5 Å². The topological polar surface area (TPSA) is 132 Å². The molecule has 0 spiro atoms. The molecule has 1 aromatic carbocycles. The van der Waals surface area contributed by atoms with Crippen LogP contribution in [-0.2, 0) is 14.2 Å². The number of carbonyl (C=O) groups excluding carboxylic acids is 1. The van der Waals surface area contributed by atoms with Gasteiger partial charge in [-0.25, -0.2) is 4.79 Å². The number of ether oxygens (including phenoxy) is 3. The largest absolute Gasteiger partial charge is 0.394 e. The third-order valence-electron chi connectivity index (χ3n) is 4.77. The number of benzene rings is 1. The van der Waals surface area contributed by atoms with E-state index in [2.05, 4.69) is 10.3 Å². The number of nitrogens with zero attached hydrogens (tertiary/aromatic N) is 2. The summed E-state index contributed by atoms with van der Waals surface area (Å²) in [5.74, 6) is -0.267. The summed E-state index contributed by atoms with van der Waals surface area (Å²) in [5, 5.41) is 22.5. The second-order valence-electron chi connectivity index (χ2n) is 6.85. The zero-order valence-corrected chi connectivity index (χ0v) is 16.7. The van der Waals surface area contributed by atoms with E-state index in [0.29, 0.717) is 11.1 Å². The van der Waals surface area contributed by atoms with Crippen LogP contribution >= 0.6 is 0 Å². The standard InChI is InChI=1S/C20H25N3O7/c1-12-10-23(19-16(29-9-8-28-2)15(25)14(11-24)30-19)20(27)22-17(12)21-18(26)13-6-4-3-5-7-13/h3-7,10,14-16,19,24-25H,8-9,11H2,1-2H3,(H,21,22,26,27). The molecule has 0 radical (unpaired) electrons. The molecule has 1 aliphatic rings. The molecule has 0 saturated carbocycles. The smallest absolute Gasteiger partial charge is 0.351 e. The van der Waals surface area contributed by atoms with Gasteiger partial charge in [0.25, 0.3) is 5.91 Å². The third-order valence-corrected chi connectivity index (χ3v) is 4.77. The lowest BCUT2D eigenvalue weighted by Gasteiger charge is -2.23. The Morgan fingerprint density at radius 1 is 1.30 bits per heavy atom. The maximum absolute atomic E-state index is 12.7. The van der Waals surface area contributed by atoms with Gasteiger partial charge in [0.05, 0.1) is 19.8 Å². The number of hydrogen-bond donors (Lipinski definition) is 3. The van der Waals surface area contributed by atoms with Gasteiger partial charge in [-0.3, -0.25) is 9.36 Å². The monoisotopic (exact) mass is 419 g/mol. The molecule has 0 bridgehead atoms. The lowest BCUT2D eigenvalue weighted by molar-refractivity contribution is -0.0819. The highest BCUT2D eigenvalue weighted by Crippen LogP contribution is 2.31. The van der Waals surface area contributed by atoms with E-state index in [1.807, 2.05) is 0 Å². The molecule has 30 heavy (non-hydrogen) atoms. The van der Waals surface area contributed by atoms with Gasteiger partial charge in [-0.05, 0) is 19.1 Å². The average molecular weight is 419 g/mol. The van der Waals surface area contributed by atoms with Crippen LogP contribution in [0.2, 0.25) is 0 Å². The molecule has 162 valence electrons. The van der Waals surface area contributed by atoms with Crippen LogP contribution < -0.4 is 11.0 Å². The van der Waals surface area contributed by atoms with Gasteiger partial charge in [0, 0.05) is 24.4 Å². The van der Waals surface area contributed by atoms with Gasteiger partial charge in [0.2, 0.25) is 0 Å². The number of aryl methyl sites for hydroxylation is 1. The fraction of sp³-hybridized carbons (Fsp3) is 0.450. The van der Waals surface area contributed by atoms with Crippen molar-refractivity contribution in [1.82, 2.24) is 9.55 Å². The lowest BCUT2D eigenvalue weighted by Crippen LogP contribution is -2.39. The minimum atomic E-state index is -1.14. The first-order chi connectivity index (χ1) is 14.5. The van der Waals surface area contributed by atoms with Crippen LogP contribution in [0.25, 0.3) is 0 Å².